The maximum absolute atomic E-state index is 12.6. The summed E-state index contributed by atoms with van der Waals surface area (Å²) in [5.74, 6) is 1.33. The van der Waals surface area contributed by atoms with Crippen molar-refractivity contribution in [3.05, 3.63) is 77.3 Å². The number of hydrogen-bond donors (Lipinski definition) is 0. The number of esters is 1. The maximum atomic E-state index is 12.6. The number of furan rings is 1. The quantitative estimate of drug-likeness (QED) is 0.245. The number of benzene rings is 2. The number of thioether (sulfide) groups is 1. The topological polar surface area (TPSA) is 73.4 Å². The van der Waals surface area contributed by atoms with Gasteiger partial charge in [-0.3, -0.25) is 4.90 Å². The van der Waals surface area contributed by atoms with E-state index in [-0.39, 0.29) is 5.76 Å². The van der Waals surface area contributed by atoms with Gasteiger partial charge in [0.1, 0.15) is 11.4 Å². The fraction of sp³-hybridized carbons (Fsp3) is 0.346. The third kappa shape index (κ3) is 4.88. The van der Waals surface area contributed by atoms with Crippen molar-refractivity contribution in [3.8, 4) is 0 Å². The van der Waals surface area contributed by atoms with Crippen LogP contribution in [0.25, 0.3) is 11.0 Å². The van der Waals surface area contributed by atoms with Crippen molar-refractivity contribution in [2.24, 2.45) is 0 Å². The Morgan fingerprint density at radius 3 is 2.59 bits per heavy atom. The third-order valence-corrected chi connectivity index (χ3v) is 7.04. The van der Waals surface area contributed by atoms with Gasteiger partial charge in [-0.2, -0.15) is 0 Å². The van der Waals surface area contributed by atoms with Crippen LogP contribution >= 0.6 is 11.8 Å². The van der Waals surface area contributed by atoms with Gasteiger partial charge in [0, 0.05) is 16.7 Å². The summed E-state index contributed by atoms with van der Waals surface area (Å²) < 4.78 is 13.3. The van der Waals surface area contributed by atoms with Crippen LogP contribution in [-0.4, -0.2) is 45.3 Å². The second kappa shape index (κ2) is 10.4. The first kappa shape index (κ1) is 22.7. The lowest BCUT2D eigenvalue weighted by Crippen LogP contribution is -2.21. The van der Waals surface area contributed by atoms with E-state index in [0.29, 0.717) is 24.5 Å². The highest BCUT2D eigenvalue weighted by Crippen LogP contribution is 2.32. The first-order valence-electron chi connectivity index (χ1n) is 11.7. The molecule has 0 aliphatic carbocycles. The molecule has 34 heavy (non-hydrogen) atoms. The Morgan fingerprint density at radius 2 is 1.79 bits per heavy atom. The smallest absolute Gasteiger partial charge is 0.374 e. The van der Waals surface area contributed by atoms with Gasteiger partial charge in [0.2, 0.25) is 5.76 Å². The van der Waals surface area contributed by atoms with Crippen LogP contribution in [0.15, 0.2) is 64.2 Å². The Hall–Kier alpha value is -3.10. The fourth-order valence-electron chi connectivity index (χ4n) is 4.35. The minimum atomic E-state index is -0.435. The summed E-state index contributed by atoms with van der Waals surface area (Å²) in [5.41, 5.74) is 2.71. The third-order valence-electron chi connectivity index (χ3n) is 6.05. The summed E-state index contributed by atoms with van der Waals surface area (Å²) in [6.07, 6.45) is 2.47. The second-order valence-corrected chi connectivity index (χ2v) is 9.31. The van der Waals surface area contributed by atoms with Gasteiger partial charge in [0.25, 0.3) is 0 Å². The first-order valence-corrected chi connectivity index (χ1v) is 12.7. The zero-order valence-corrected chi connectivity index (χ0v) is 20.1. The molecule has 0 atom stereocenters. The number of ether oxygens (including phenoxy) is 1. The number of fused-ring (bicyclic) bond motifs is 1. The van der Waals surface area contributed by atoms with Gasteiger partial charge >= 0.3 is 5.97 Å². The molecular formula is C26H28N4O3S. The fourth-order valence-corrected chi connectivity index (χ4v) is 5.33. The van der Waals surface area contributed by atoms with Crippen molar-refractivity contribution < 1.29 is 13.9 Å². The summed E-state index contributed by atoms with van der Waals surface area (Å²) in [6, 6.07) is 18.1. The molecule has 0 spiro atoms. The Kier molecular flexibility index (Phi) is 6.97. The summed E-state index contributed by atoms with van der Waals surface area (Å²) in [5, 5.41) is 10.9. The Bertz CT molecular complexity index is 1260. The summed E-state index contributed by atoms with van der Waals surface area (Å²) >= 11 is 1.57. The van der Waals surface area contributed by atoms with Gasteiger partial charge in [-0.15, -0.1) is 10.2 Å². The van der Waals surface area contributed by atoms with Crippen molar-refractivity contribution in [2.45, 2.75) is 43.8 Å². The number of para-hydroxylation sites is 1. The van der Waals surface area contributed by atoms with Crippen LogP contribution in [0.5, 0.6) is 0 Å². The predicted octanol–water partition coefficient (Wildman–Crippen LogP) is 5.14. The van der Waals surface area contributed by atoms with Gasteiger partial charge < -0.3 is 13.7 Å². The molecule has 0 radical (unpaired) electrons. The van der Waals surface area contributed by atoms with Crippen LogP contribution in [0.1, 0.15) is 47.3 Å². The molecule has 3 heterocycles. The van der Waals surface area contributed by atoms with E-state index in [2.05, 4.69) is 43.9 Å². The molecule has 1 aliphatic heterocycles. The highest BCUT2D eigenvalue weighted by atomic mass is 32.2. The molecule has 0 N–H and O–H groups in total. The number of hydrogen-bond acceptors (Lipinski definition) is 7. The van der Waals surface area contributed by atoms with Crippen LogP contribution in [-0.2, 0) is 23.6 Å². The van der Waals surface area contributed by atoms with Crippen LogP contribution in [0.4, 0.5) is 0 Å². The Morgan fingerprint density at radius 1 is 1.03 bits per heavy atom. The molecule has 4 aromatic rings. The average Bonchev–Trinajstić information content (AvgIpc) is 3.59. The number of likely N-dealkylation sites (tertiary alicyclic amines) is 1. The van der Waals surface area contributed by atoms with E-state index in [4.69, 9.17) is 9.15 Å². The number of nitrogens with zero attached hydrogens (tertiary/aromatic N) is 4. The monoisotopic (exact) mass is 476 g/mol. The molecule has 0 amide bonds. The minimum Gasteiger partial charge on any atom is -0.460 e. The molecule has 7 nitrogen and oxygen atoms in total. The highest BCUT2D eigenvalue weighted by molar-refractivity contribution is 7.98. The van der Waals surface area contributed by atoms with Crippen molar-refractivity contribution in [1.82, 2.24) is 19.7 Å². The van der Waals surface area contributed by atoms with Crippen LogP contribution < -0.4 is 0 Å². The van der Waals surface area contributed by atoms with E-state index in [1.807, 2.05) is 30.3 Å². The lowest BCUT2D eigenvalue weighted by molar-refractivity contribution is 0.0491. The van der Waals surface area contributed by atoms with Gasteiger partial charge in [-0.25, -0.2) is 4.79 Å². The predicted molar refractivity (Wildman–Crippen MR) is 132 cm³/mol. The molecule has 1 saturated heterocycles. The van der Waals surface area contributed by atoms with Crippen molar-refractivity contribution in [3.63, 3.8) is 0 Å². The van der Waals surface area contributed by atoms with E-state index in [9.17, 15) is 4.79 Å². The van der Waals surface area contributed by atoms with E-state index in [1.165, 1.54) is 18.4 Å². The molecule has 5 rings (SSSR count). The van der Waals surface area contributed by atoms with Crippen molar-refractivity contribution >= 4 is 28.7 Å². The standard InChI is InChI=1S/C26H28N4O3S/c1-2-32-25(31)24-21(20-12-6-7-13-22(20)33-24)18-34-26-28-27-23(17-29-14-8-9-15-29)30(26)16-19-10-4-3-5-11-19/h3-7,10-13H,2,8-9,14-18H2,1H3. The number of carbonyl (C=O) groups excluding carboxylic acids is 1. The molecular weight excluding hydrogens is 448 g/mol. The van der Waals surface area contributed by atoms with Crippen LogP contribution in [0.3, 0.4) is 0 Å². The minimum absolute atomic E-state index is 0.266. The summed E-state index contributed by atoms with van der Waals surface area (Å²) in [7, 11) is 0. The van der Waals surface area contributed by atoms with Gasteiger partial charge in [-0.05, 0) is 44.5 Å². The Labute approximate surface area is 203 Å². The molecule has 1 fully saturated rings. The Balaban J connectivity index is 1.44. The zero-order valence-electron chi connectivity index (χ0n) is 19.3. The number of rotatable bonds is 9. The number of carbonyl (C=O) groups is 1. The lowest BCUT2D eigenvalue weighted by atomic mass is 10.1. The summed E-state index contributed by atoms with van der Waals surface area (Å²) in [6.45, 7) is 5.80. The van der Waals surface area contributed by atoms with Gasteiger partial charge in [-0.1, -0.05) is 60.3 Å². The normalized spacial score (nSPS) is 14.1. The summed E-state index contributed by atoms with van der Waals surface area (Å²) in [4.78, 5) is 15.0. The molecule has 0 unspecified atom stereocenters. The number of aromatic nitrogens is 3. The molecule has 0 saturated carbocycles. The highest BCUT2D eigenvalue weighted by Gasteiger charge is 2.24. The van der Waals surface area contributed by atoms with Gasteiger partial charge in [0.05, 0.1) is 19.7 Å². The van der Waals surface area contributed by atoms with E-state index in [0.717, 1.165) is 41.6 Å². The van der Waals surface area contributed by atoms with Crippen LogP contribution in [0.2, 0.25) is 0 Å². The second-order valence-electron chi connectivity index (χ2n) is 8.37. The molecule has 2 aromatic heterocycles. The van der Waals surface area contributed by atoms with E-state index >= 15 is 0 Å². The van der Waals surface area contributed by atoms with E-state index in [1.54, 1.807) is 18.7 Å². The first-order chi connectivity index (χ1) is 16.7. The van der Waals surface area contributed by atoms with E-state index < -0.39 is 5.97 Å². The molecule has 8 heteroatoms. The largest absolute Gasteiger partial charge is 0.460 e. The molecule has 0 bridgehead atoms. The van der Waals surface area contributed by atoms with Crippen LogP contribution in [0, 0.1) is 0 Å². The lowest BCUT2D eigenvalue weighted by Gasteiger charge is -2.16. The van der Waals surface area contributed by atoms with Gasteiger partial charge in [0.15, 0.2) is 5.16 Å². The average molecular weight is 477 g/mol. The maximum Gasteiger partial charge on any atom is 0.374 e. The van der Waals surface area contributed by atoms with Crippen molar-refractivity contribution in [1.29, 1.82) is 0 Å². The SMILES string of the molecule is CCOC(=O)c1oc2ccccc2c1CSc1nnc(CN2CCCC2)n1Cc1ccccc1. The molecule has 2 aromatic carbocycles. The molecule has 1 aliphatic rings. The zero-order chi connectivity index (χ0) is 23.3. The molecule has 176 valence electrons. The van der Waals surface area contributed by atoms with Crippen molar-refractivity contribution in [2.75, 3.05) is 19.7 Å².